The third kappa shape index (κ3) is 6.56. The van der Waals surface area contributed by atoms with Gasteiger partial charge in [0.15, 0.2) is 6.61 Å². The largest absolute Gasteiger partial charge is 0.452 e. The van der Waals surface area contributed by atoms with Gasteiger partial charge in [-0.15, -0.1) is 0 Å². The Morgan fingerprint density at radius 1 is 1.24 bits per heavy atom. The second-order valence-electron chi connectivity index (χ2n) is 4.21. The number of halogens is 1. The molecule has 0 aromatic heterocycles. The van der Waals surface area contributed by atoms with Gasteiger partial charge in [0.05, 0.1) is 5.56 Å². The fourth-order valence-electron chi connectivity index (χ4n) is 1.42. The first-order valence-corrected chi connectivity index (χ1v) is 7.61. The number of hydrogen-bond donors (Lipinski definition) is 2. The summed E-state index contributed by atoms with van der Waals surface area (Å²) in [5, 5.41) is 4.62. The van der Waals surface area contributed by atoms with Crippen LogP contribution in [0.2, 0.25) is 0 Å². The Morgan fingerprint density at radius 3 is 2.62 bits per heavy atom. The fraction of sp³-hybridized carbons (Fsp3) is 0.357. The van der Waals surface area contributed by atoms with Crippen molar-refractivity contribution < 1.29 is 19.1 Å². The van der Waals surface area contributed by atoms with E-state index in [1.807, 2.05) is 29.5 Å². The maximum atomic E-state index is 11.8. The van der Waals surface area contributed by atoms with Gasteiger partial charge in [-0.3, -0.25) is 10.1 Å². The number of carbonyl (C=O) groups is 3. The lowest BCUT2D eigenvalue weighted by molar-refractivity contribution is -0.123. The molecule has 0 aliphatic rings. The van der Waals surface area contributed by atoms with Crippen LogP contribution in [-0.2, 0) is 9.53 Å². The zero-order valence-electron chi connectivity index (χ0n) is 11.6. The molecule has 1 rings (SSSR count). The van der Waals surface area contributed by atoms with E-state index in [1.165, 1.54) is 0 Å². The smallest absolute Gasteiger partial charge is 0.339 e. The first kappa shape index (κ1) is 17.4. The van der Waals surface area contributed by atoms with E-state index in [4.69, 9.17) is 4.74 Å². The molecule has 0 aliphatic carbocycles. The minimum Gasteiger partial charge on any atom is -0.452 e. The van der Waals surface area contributed by atoms with Crippen molar-refractivity contribution in [3.63, 3.8) is 0 Å². The SMILES string of the molecule is CCCCNC(=O)NC(=O)COC(=O)c1ccccc1I. The Morgan fingerprint density at radius 2 is 1.95 bits per heavy atom. The number of amides is 3. The molecule has 0 bridgehead atoms. The Bertz CT molecular complexity index is 519. The average molecular weight is 404 g/mol. The molecule has 0 saturated carbocycles. The van der Waals surface area contributed by atoms with Gasteiger partial charge in [0.25, 0.3) is 5.91 Å². The van der Waals surface area contributed by atoms with Crippen molar-refractivity contribution in [2.45, 2.75) is 19.8 Å². The molecule has 0 fully saturated rings. The number of rotatable bonds is 6. The predicted molar refractivity (Wildman–Crippen MR) is 85.9 cm³/mol. The highest BCUT2D eigenvalue weighted by molar-refractivity contribution is 14.1. The second kappa shape index (κ2) is 9.32. The van der Waals surface area contributed by atoms with E-state index in [9.17, 15) is 14.4 Å². The van der Waals surface area contributed by atoms with Crippen LogP contribution in [0.4, 0.5) is 4.79 Å². The van der Waals surface area contributed by atoms with Crippen LogP contribution in [0.25, 0.3) is 0 Å². The van der Waals surface area contributed by atoms with Gasteiger partial charge in [-0.2, -0.15) is 0 Å². The molecule has 7 heteroatoms. The summed E-state index contributed by atoms with van der Waals surface area (Å²) in [6, 6.07) is 6.29. The summed E-state index contributed by atoms with van der Waals surface area (Å²) >= 11 is 2.01. The first-order chi connectivity index (χ1) is 10.0. The predicted octanol–water partition coefficient (Wildman–Crippen LogP) is 2.07. The highest BCUT2D eigenvalue weighted by Crippen LogP contribution is 2.12. The minimum absolute atomic E-state index is 0.387. The fourth-order valence-corrected chi connectivity index (χ4v) is 2.03. The van der Waals surface area contributed by atoms with E-state index in [1.54, 1.807) is 24.3 Å². The van der Waals surface area contributed by atoms with Gasteiger partial charge >= 0.3 is 12.0 Å². The lowest BCUT2D eigenvalue weighted by Gasteiger charge is -2.07. The Balaban J connectivity index is 2.34. The zero-order chi connectivity index (χ0) is 15.7. The van der Waals surface area contributed by atoms with Crippen molar-refractivity contribution in [3.05, 3.63) is 33.4 Å². The third-order valence-corrected chi connectivity index (χ3v) is 3.44. The number of ether oxygens (including phenoxy) is 1. The molecule has 0 radical (unpaired) electrons. The number of esters is 1. The molecule has 0 aliphatic heterocycles. The summed E-state index contributed by atoms with van der Waals surface area (Å²) in [7, 11) is 0. The second-order valence-corrected chi connectivity index (χ2v) is 5.38. The molecule has 6 nitrogen and oxygen atoms in total. The third-order valence-electron chi connectivity index (χ3n) is 2.50. The molecule has 114 valence electrons. The van der Waals surface area contributed by atoms with Crippen molar-refractivity contribution in [3.8, 4) is 0 Å². The van der Waals surface area contributed by atoms with Crippen LogP contribution in [-0.4, -0.2) is 31.1 Å². The number of nitrogens with one attached hydrogen (secondary N) is 2. The van der Waals surface area contributed by atoms with Gasteiger partial charge in [-0.1, -0.05) is 25.5 Å². The minimum atomic E-state index is -0.664. The van der Waals surface area contributed by atoms with Gasteiger partial charge in [-0.25, -0.2) is 9.59 Å². The monoisotopic (exact) mass is 404 g/mol. The molecule has 1 aromatic rings. The number of hydrogen-bond acceptors (Lipinski definition) is 4. The normalized spacial score (nSPS) is 9.81. The quantitative estimate of drug-likeness (QED) is 0.432. The summed E-state index contributed by atoms with van der Waals surface area (Å²) in [5.74, 6) is -1.26. The average Bonchev–Trinajstić information content (AvgIpc) is 2.45. The van der Waals surface area contributed by atoms with Gasteiger partial charge in [0.1, 0.15) is 0 Å². The maximum Gasteiger partial charge on any atom is 0.339 e. The molecule has 0 unspecified atom stereocenters. The van der Waals surface area contributed by atoms with Crippen LogP contribution < -0.4 is 10.6 Å². The summed E-state index contributed by atoms with van der Waals surface area (Å²) in [6.07, 6.45) is 1.78. The van der Waals surface area contributed by atoms with Crippen LogP contribution in [0.1, 0.15) is 30.1 Å². The lowest BCUT2D eigenvalue weighted by atomic mass is 10.2. The van der Waals surface area contributed by atoms with Crippen molar-refractivity contribution >= 4 is 40.5 Å². The van der Waals surface area contributed by atoms with Crippen LogP contribution in [0.15, 0.2) is 24.3 Å². The number of carbonyl (C=O) groups excluding carboxylic acids is 3. The molecule has 0 spiro atoms. The zero-order valence-corrected chi connectivity index (χ0v) is 13.8. The number of imide groups is 1. The molecular weight excluding hydrogens is 387 g/mol. The highest BCUT2D eigenvalue weighted by Gasteiger charge is 2.14. The molecular formula is C14H17IN2O4. The van der Waals surface area contributed by atoms with Crippen molar-refractivity contribution in [1.82, 2.24) is 10.6 Å². The van der Waals surface area contributed by atoms with E-state index in [-0.39, 0.29) is 0 Å². The van der Waals surface area contributed by atoms with Crippen LogP contribution in [0.3, 0.4) is 0 Å². The summed E-state index contributed by atoms with van der Waals surface area (Å²) in [6.45, 7) is 2.00. The molecule has 0 heterocycles. The van der Waals surface area contributed by atoms with Gasteiger partial charge in [0, 0.05) is 10.1 Å². The van der Waals surface area contributed by atoms with Gasteiger partial charge in [0.2, 0.25) is 0 Å². The van der Waals surface area contributed by atoms with E-state index in [0.717, 1.165) is 16.4 Å². The topological polar surface area (TPSA) is 84.5 Å². The van der Waals surface area contributed by atoms with Gasteiger partial charge < -0.3 is 10.1 Å². The van der Waals surface area contributed by atoms with Crippen molar-refractivity contribution in [1.29, 1.82) is 0 Å². The number of urea groups is 1. The van der Waals surface area contributed by atoms with Crippen molar-refractivity contribution in [2.24, 2.45) is 0 Å². The van der Waals surface area contributed by atoms with Crippen molar-refractivity contribution in [2.75, 3.05) is 13.2 Å². The lowest BCUT2D eigenvalue weighted by Crippen LogP contribution is -2.41. The Kier molecular flexibility index (Phi) is 7.73. The summed E-state index contributed by atoms with van der Waals surface area (Å²) in [5.41, 5.74) is 0.387. The van der Waals surface area contributed by atoms with Crippen LogP contribution in [0, 0.1) is 3.57 Å². The molecule has 0 saturated heterocycles. The maximum absolute atomic E-state index is 11.8. The number of benzene rings is 1. The van der Waals surface area contributed by atoms with Crippen LogP contribution >= 0.6 is 22.6 Å². The van der Waals surface area contributed by atoms with E-state index >= 15 is 0 Å². The summed E-state index contributed by atoms with van der Waals surface area (Å²) in [4.78, 5) is 34.5. The van der Waals surface area contributed by atoms with Crippen LogP contribution in [0.5, 0.6) is 0 Å². The molecule has 2 N–H and O–H groups in total. The van der Waals surface area contributed by atoms with Gasteiger partial charge in [-0.05, 0) is 41.1 Å². The van der Waals surface area contributed by atoms with E-state index in [0.29, 0.717) is 12.1 Å². The summed E-state index contributed by atoms with van der Waals surface area (Å²) < 4.78 is 5.60. The molecule has 21 heavy (non-hydrogen) atoms. The molecule has 0 atom stereocenters. The number of unbranched alkanes of at least 4 members (excludes halogenated alkanes) is 1. The van der Waals surface area contributed by atoms with E-state index < -0.39 is 24.5 Å². The standard InChI is InChI=1S/C14H17IN2O4/c1-2-3-8-16-14(20)17-12(18)9-21-13(19)10-6-4-5-7-11(10)15/h4-7H,2-3,8-9H2,1H3,(H2,16,17,18,20). The Labute approximate surface area is 136 Å². The highest BCUT2D eigenvalue weighted by atomic mass is 127. The Hall–Kier alpha value is -1.64. The molecule has 1 aromatic carbocycles. The molecule has 3 amide bonds. The van der Waals surface area contributed by atoms with E-state index in [2.05, 4.69) is 10.6 Å². The first-order valence-electron chi connectivity index (χ1n) is 6.54.